The van der Waals surface area contributed by atoms with E-state index in [2.05, 4.69) is 11.2 Å². The summed E-state index contributed by atoms with van der Waals surface area (Å²) < 4.78 is 0. The molecule has 1 aliphatic rings. The van der Waals surface area contributed by atoms with Crippen molar-refractivity contribution in [1.29, 1.82) is 0 Å². The van der Waals surface area contributed by atoms with Crippen LogP contribution in [0.2, 0.25) is 0 Å². The summed E-state index contributed by atoms with van der Waals surface area (Å²) in [4.78, 5) is 24.7. The van der Waals surface area contributed by atoms with Crippen molar-refractivity contribution < 1.29 is 14.7 Å². The maximum Gasteiger partial charge on any atom is 0.322 e. The van der Waals surface area contributed by atoms with Gasteiger partial charge in [0.25, 0.3) is 0 Å². The fraction of sp³-hybridized carbons (Fsp3) is 0.286. The van der Waals surface area contributed by atoms with Crippen molar-refractivity contribution >= 4 is 17.7 Å². The molecule has 5 nitrogen and oxygen atoms in total. The monoisotopic (exact) mass is 258 g/mol. The first kappa shape index (κ1) is 13.0. The minimum absolute atomic E-state index is 0.153. The molecule has 1 unspecified atom stereocenters. The first-order valence-electron chi connectivity index (χ1n) is 5.95. The molecule has 98 valence electrons. The Kier molecular flexibility index (Phi) is 3.71. The molecule has 1 aromatic rings. The molecule has 2 rings (SSSR count). The molecule has 0 aliphatic carbocycles. The van der Waals surface area contributed by atoms with E-state index in [4.69, 9.17) is 6.42 Å². The first-order valence-corrected chi connectivity index (χ1v) is 5.95. The van der Waals surface area contributed by atoms with E-state index in [9.17, 15) is 14.7 Å². The van der Waals surface area contributed by atoms with Crippen LogP contribution < -0.4 is 10.2 Å². The number of urea groups is 1. The van der Waals surface area contributed by atoms with Crippen molar-refractivity contribution in [2.45, 2.75) is 12.3 Å². The zero-order valence-corrected chi connectivity index (χ0v) is 10.3. The molecule has 0 saturated heterocycles. The smallest absolute Gasteiger partial charge is 0.322 e. The minimum atomic E-state index is -0.865. The van der Waals surface area contributed by atoms with Crippen LogP contribution in [0.3, 0.4) is 0 Å². The van der Waals surface area contributed by atoms with E-state index < -0.39 is 11.9 Å². The quantitative estimate of drug-likeness (QED) is 0.788. The van der Waals surface area contributed by atoms with Crippen LogP contribution >= 0.6 is 0 Å². The highest BCUT2D eigenvalue weighted by Crippen LogP contribution is 2.35. The SMILES string of the molecule is C#CCNC(=O)N1CCC(C(=O)O)c2ccccc21. The normalized spacial score (nSPS) is 17.2. The van der Waals surface area contributed by atoms with Gasteiger partial charge in [0.2, 0.25) is 0 Å². The van der Waals surface area contributed by atoms with Crippen molar-refractivity contribution in [3.05, 3.63) is 29.8 Å². The Bertz CT molecular complexity index is 548. The second-order valence-corrected chi connectivity index (χ2v) is 4.25. The summed E-state index contributed by atoms with van der Waals surface area (Å²) in [5.74, 6) is 0.909. The summed E-state index contributed by atoms with van der Waals surface area (Å²) in [6.07, 6.45) is 5.50. The summed E-state index contributed by atoms with van der Waals surface area (Å²) in [5, 5.41) is 11.8. The standard InChI is InChI=1S/C14H14N2O3/c1-2-8-15-14(19)16-9-7-11(13(17)18)10-5-3-4-6-12(10)16/h1,3-6,11H,7-9H2,(H,15,19)(H,17,18). The predicted octanol–water partition coefficient (Wildman–Crippen LogP) is 1.41. The molecule has 0 radical (unpaired) electrons. The van der Waals surface area contributed by atoms with Gasteiger partial charge in [-0.25, -0.2) is 4.79 Å². The van der Waals surface area contributed by atoms with Crippen molar-refractivity contribution in [3.63, 3.8) is 0 Å². The lowest BCUT2D eigenvalue weighted by molar-refractivity contribution is -0.139. The van der Waals surface area contributed by atoms with Gasteiger partial charge in [-0.15, -0.1) is 6.42 Å². The van der Waals surface area contributed by atoms with Gasteiger partial charge in [0.05, 0.1) is 12.5 Å². The molecule has 0 fully saturated rings. The van der Waals surface area contributed by atoms with Crippen LogP contribution in [0, 0.1) is 12.3 Å². The van der Waals surface area contributed by atoms with Crippen LogP contribution in [-0.2, 0) is 4.79 Å². The Labute approximate surface area is 111 Å². The second-order valence-electron chi connectivity index (χ2n) is 4.25. The van der Waals surface area contributed by atoms with Crippen molar-refractivity contribution in [2.24, 2.45) is 0 Å². The molecule has 0 aromatic heterocycles. The third kappa shape index (κ3) is 2.52. The van der Waals surface area contributed by atoms with E-state index in [1.54, 1.807) is 24.3 Å². The molecule has 1 aliphatic heterocycles. The number of anilines is 1. The van der Waals surface area contributed by atoms with E-state index in [1.807, 2.05) is 0 Å². The van der Waals surface area contributed by atoms with Crippen LogP contribution in [0.5, 0.6) is 0 Å². The largest absolute Gasteiger partial charge is 0.481 e. The number of aliphatic carboxylic acids is 1. The number of nitrogens with one attached hydrogen (secondary N) is 1. The number of terminal acetylenes is 1. The Morgan fingerprint density at radius 3 is 2.89 bits per heavy atom. The van der Waals surface area contributed by atoms with E-state index >= 15 is 0 Å². The van der Waals surface area contributed by atoms with Gasteiger partial charge in [-0.05, 0) is 18.1 Å². The number of hydrogen-bond acceptors (Lipinski definition) is 2. The number of rotatable bonds is 2. The van der Waals surface area contributed by atoms with E-state index in [0.717, 1.165) is 0 Å². The van der Waals surface area contributed by atoms with Crippen LogP contribution in [0.25, 0.3) is 0 Å². The topological polar surface area (TPSA) is 69.6 Å². The molecular formula is C14H14N2O3. The summed E-state index contributed by atoms with van der Waals surface area (Å²) in [5.41, 5.74) is 1.30. The molecule has 2 amide bonds. The summed E-state index contributed by atoms with van der Waals surface area (Å²) in [7, 11) is 0. The number of carbonyl (C=O) groups is 2. The third-order valence-electron chi connectivity index (χ3n) is 3.13. The van der Waals surface area contributed by atoms with Gasteiger partial charge in [0, 0.05) is 12.2 Å². The molecule has 0 saturated carbocycles. The van der Waals surface area contributed by atoms with Crippen LogP contribution in [0.15, 0.2) is 24.3 Å². The number of fused-ring (bicyclic) bond motifs is 1. The molecule has 19 heavy (non-hydrogen) atoms. The fourth-order valence-electron chi connectivity index (χ4n) is 2.25. The van der Waals surface area contributed by atoms with Gasteiger partial charge < -0.3 is 10.4 Å². The van der Waals surface area contributed by atoms with Crippen LogP contribution in [0.1, 0.15) is 17.9 Å². The van der Waals surface area contributed by atoms with Gasteiger partial charge in [-0.2, -0.15) is 0 Å². The minimum Gasteiger partial charge on any atom is -0.481 e. The van der Waals surface area contributed by atoms with Crippen molar-refractivity contribution in [1.82, 2.24) is 5.32 Å². The maximum atomic E-state index is 12.0. The van der Waals surface area contributed by atoms with E-state index in [0.29, 0.717) is 24.2 Å². The predicted molar refractivity (Wildman–Crippen MR) is 71.0 cm³/mol. The number of carboxylic acid groups (broad SMARTS) is 1. The number of carbonyl (C=O) groups excluding carboxylic acids is 1. The Morgan fingerprint density at radius 2 is 2.21 bits per heavy atom. The van der Waals surface area contributed by atoms with Crippen molar-refractivity contribution in [2.75, 3.05) is 18.0 Å². The Morgan fingerprint density at radius 1 is 1.47 bits per heavy atom. The third-order valence-corrected chi connectivity index (χ3v) is 3.13. The summed E-state index contributed by atoms with van der Waals surface area (Å²) >= 11 is 0. The molecule has 5 heteroatoms. The number of para-hydroxylation sites is 1. The van der Waals surface area contributed by atoms with E-state index in [-0.39, 0.29) is 12.6 Å². The van der Waals surface area contributed by atoms with Crippen LogP contribution in [-0.4, -0.2) is 30.2 Å². The lowest BCUT2D eigenvalue weighted by atomic mass is 9.90. The fourth-order valence-corrected chi connectivity index (χ4v) is 2.25. The van der Waals surface area contributed by atoms with Gasteiger partial charge in [0.1, 0.15) is 0 Å². The van der Waals surface area contributed by atoms with Crippen molar-refractivity contribution in [3.8, 4) is 12.3 Å². The molecule has 1 atom stereocenters. The zero-order valence-electron chi connectivity index (χ0n) is 10.3. The Balaban J connectivity index is 2.30. The Hall–Kier alpha value is -2.48. The highest BCUT2D eigenvalue weighted by atomic mass is 16.4. The number of carboxylic acids is 1. The van der Waals surface area contributed by atoms with Gasteiger partial charge >= 0.3 is 12.0 Å². The highest BCUT2D eigenvalue weighted by Gasteiger charge is 2.32. The van der Waals surface area contributed by atoms with Gasteiger partial charge in [-0.3, -0.25) is 9.69 Å². The van der Waals surface area contributed by atoms with Crippen LogP contribution in [0.4, 0.5) is 10.5 Å². The van der Waals surface area contributed by atoms with E-state index in [1.165, 1.54) is 4.90 Å². The average molecular weight is 258 g/mol. The zero-order chi connectivity index (χ0) is 13.8. The number of nitrogens with zero attached hydrogens (tertiary/aromatic N) is 1. The average Bonchev–Trinajstić information content (AvgIpc) is 2.43. The number of benzene rings is 1. The lowest BCUT2D eigenvalue weighted by Gasteiger charge is -2.32. The molecule has 1 aromatic carbocycles. The molecule has 2 N–H and O–H groups in total. The summed E-state index contributed by atoms with van der Waals surface area (Å²) in [6, 6.07) is 6.76. The van der Waals surface area contributed by atoms with Gasteiger partial charge in [-0.1, -0.05) is 24.1 Å². The highest BCUT2D eigenvalue weighted by molar-refractivity contribution is 5.95. The number of amides is 2. The first-order chi connectivity index (χ1) is 9.15. The summed E-state index contributed by atoms with van der Waals surface area (Å²) in [6.45, 7) is 0.518. The maximum absolute atomic E-state index is 12.0. The lowest BCUT2D eigenvalue weighted by Crippen LogP contribution is -2.44. The van der Waals surface area contributed by atoms with Gasteiger partial charge in [0.15, 0.2) is 0 Å². The molecule has 0 spiro atoms. The molecule has 0 bridgehead atoms. The molecular weight excluding hydrogens is 244 g/mol. The number of hydrogen-bond donors (Lipinski definition) is 2. The second kappa shape index (κ2) is 5.44. The molecule has 1 heterocycles.